The van der Waals surface area contributed by atoms with Crippen molar-refractivity contribution >= 4 is 76.9 Å². The van der Waals surface area contributed by atoms with Crippen LogP contribution in [0.5, 0.6) is 11.5 Å². The minimum atomic E-state index is -1.84. The lowest BCUT2D eigenvalue weighted by Gasteiger charge is -2.33. The van der Waals surface area contributed by atoms with Gasteiger partial charge in [-0.15, -0.1) is 0 Å². The quantitative estimate of drug-likeness (QED) is 0.0198. The Morgan fingerprint density at radius 1 is 0.591 bits per heavy atom. The van der Waals surface area contributed by atoms with Crippen molar-refractivity contribution < 1.29 is 78.0 Å². The van der Waals surface area contributed by atoms with Crippen molar-refractivity contribution in [3.05, 3.63) is 59.7 Å². The van der Waals surface area contributed by atoms with E-state index in [1.165, 1.54) is 58.0 Å². The molecule has 3 fully saturated rings. The predicted molar refractivity (Wildman–Crippen MR) is 314 cm³/mol. The van der Waals surface area contributed by atoms with Crippen LogP contribution in [0.25, 0.3) is 0 Å². The van der Waals surface area contributed by atoms with Crippen molar-refractivity contribution in [2.75, 3.05) is 32.7 Å². The van der Waals surface area contributed by atoms with Crippen molar-refractivity contribution in [3.63, 3.8) is 0 Å². The first-order valence-electron chi connectivity index (χ1n) is 29.1. The number of aromatic hydroxyl groups is 2. The molecule has 11 atom stereocenters. The Labute approximate surface area is 507 Å². The highest BCUT2D eigenvalue weighted by Crippen LogP contribution is 2.27. The molecular weight excluding hydrogens is 1150 g/mol. The summed E-state index contributed by atoms with van der Waals surface area (Å²) in [4.78, 5) is 170. The van der Waals surface area contributed by atoms with Crippen LogP contribution in [-0.4, -0.2) is 211 Å². The maximum atomic E-state index is 14.5. The molecule has 3 aliphatic rings. The van der Waals surface area contributed by atoms with Crippen LogP contribution in [0.2, 0.25) is 0 Å². The second-order valence-electron chi connectivity index (χ2n) is 22.5. The number of aliphatic hydroxyl groups excluding tert-OH is 1. The maximum absolute atomic E-state index is 14.5. The zero-order valence-corrected chi connectivity index (χ0v) is 49.6. The standard InChI is InChI=1S/C57H83N15O16/c1-29(2)45(56(87)88)69-51(82)41-11-7-23-71(41)55(86)42-12-8-24-72(42)53(84)37(9-5-21-62-57(60)61)65-49(80)38(27-43(59)76)66-52(83)46(31(4)73)68-44(77)28-63-50(81)40-10-6-22-70(40)54(85)39(26-33-15-19-35(75)20-16-33)67-47(78)30(3)64-48(79)36(58)25-32-13-17-34(74)18-14-32/h13-20,29-31,36-42,45-46,73-75H,5-12,21-28,58H2,1-4H3,(H2,59,76)(H,63,81)(H,64,79)(H,65,80)(H,66,83)(H,67,78)(H,68,77)(H,69,82)(H,87,88)(H4,60,61,62)/t30-,31+,36-,37-,38-,39-,40-,41-,42-,45-,46-/m0/s1. The molecule has 0 unspecified atom stereocenters. The first-order chi connectivity index (χ1) is 41.6. The number of carbonyl (C=O) groups excluding carboxylic acids is 11. The number of amides is 11. The van der Waals surface area contributed by atoms with Gasteiger partial charge in [0.1, 0.15) is 65.9 Å². The lowest BCUT2D eigenvalue weighted by atomic mass is 10.0. The molecule has 11 amide bonds. The van der Waals surface area contributed by atoms with Gasteiger partial charge in [-0.25, -0.2) is 4.79 Å². The molecule has 31 nitrogen and oxygen atoms in total. The zero-order valence-electron chi connectivity index (χ0n) is 49.6. The summed E-state index contributed by atoms with van der Waals surface area (Å²) in [5.74, 6) is -11.4. The number of phenols is 2. The SMILES string of the molecule is CC(C)[C@H](NC(=O)[C@@H]1CCCN1C(=O)[C@@H]1CCCN1C(=O)[C@H](CCCN=C(N)N)NC(=O)[C@H](CC(N)=O)NC(=O)[C@@H](NC(=O)CNC(=O)[C@@H]1CCCN1C(=O)[C@H](Cc1ccc(O)cc1)NC(=O)[C@H](C)NC(=O)[C@@H](N)Cc1ccc(O)cc1)[C@@H](C)O)C(=O)O. The van der Waals surface area contributed by atoms with Gasteiger partial charge in [0.15, 0.2) is 5.96 Å². The Morgan fingerprint density at radius 2 is 1.10 bits per heavy atom. The average Bonchev–Trinajstić information content (AvgIpc) is 4.36. The van der Waals surface area contributed by atoms with Gasteiger partial charge in [0.25, 0.3) is 0 Å². The molecule has 0 spiro atoms. The third-order valence-electron chi connectivity index (χ3n) is 15.3. The number of phenolic OH excluding ortho intramolecular Hbond substituents is 2. The van der Waals surface area contributed by atoms with E-state index in [9.17, 15) is 78.0 Å². The van der Waals surface area contributed by atoms with Gasteiger partial charge in [0.2, 0.25) is 65.0 Å². The molecule has 0 aromatic heterocycles. The predicted octanol–water partition coefficient (Wildman–Crippen LogP) is -4.72. The van der Waals surface area contributed by atoms with Crippen LogP contribution in [0, 0.1) is 5.92 Å². The van der Waals surface area contributed by atoms with Crippen molar-refractivity contribution in [3.8, 4) is 11.5 Å². The first-order valence-corrected chi connectivity index (χ1v) is 29.1. The van der Waals surface area contributed by atoms with Crippen molar-refractivity contribution in [1.29, 1.82) is 0 Å². The Balaban J connectivity index is 1.23. The van der Waals surface area contributed by atoms with Gasteiger partial charge >= 0.3 is 5.97 Å². The fourth-order valence-electron chi connectivity index (χ4n) is 10.6. The number of nitrogens with zero attached hydrogens (tertiary/aromatic N) is 4. The molecule has 2 aromatic rings. The summed E-state index contributed by atoms with van der Waals surface area (Å²) >= 11 is 0. The first kappa shape index (κ1) is 69.6. The number of aliphatic hydroxyl groups is 1. The number of benzene rings is 2. The number of nitrogens with two attached hydrogens (primary N) is 4. The number of carboxylic acids is 1. The topological polar surface area (TPSA) is 496 Å². The second-order valence-corrected chi connectivity index (χ2v) is 22.5. The monoisotopic (exact) mass is 1230 g/mol. The fraction of sp³-hybridized carbons (Fsp3) is 0.561. The number of primary amides is 1. The molecule has 88 heavy (non-hydrogen) atoms. The van der Waals surface area contributed by atoms with E-state index in [1.807, 2.05) is 0 Å². The fourth-order valence-corrected chi connectivity index (χ4v) is 10.6. The van der Waals surface area contributed by atoms with E-state index < -0.39 is 156 Å². The van der Waals surface area contributed by atoms with Crippen molar-refractivity contribution in [2.45, 2.75) is 165 Å². The molecule has 0 saturated carbocycles. The minimum Gasteiger partial charge on any atom is -0.508 e. The van der Waals surface area contributed by atoms with Gasteiger partial charge in [0.05, 0.1) is 25.1 Å². The molecular formula is C57H83N15O16. The molecule has 0 radical (unpaired) electrons. The van der Waals surface area contributed by atoms with Gasteiger partial charge in [-0.1, -0.05) is 38.1 Å². The van der Waals surface area contributed by atoms with Gasteiger partial charge in [-0.2, -0.15) is 0 Å². The number of nitrogens with one attached hydrogen (secondary N) is 7. The zero-order chi connectivity index (χ0) is 65.1. The smallest absolute Gasteiger partial charge is 0.326 e. The number of carboxylic acid groups (broad SMARTS) is 1. The summed E-state index contributed by atoms with van der Waals surface area (Å²) in [6.07, 6.45) is -0.967. The molecule has 3 aliphatic heterocycles. The Bertz CT molecular complexity index is 2890. The summed E-state index contributed by atoms with van der Waals surface area (Å²) < 4.78 is 0. The lowest BCUT2D eigenvalue weighted by Crippen LogP contribution is -2.61. The van der Waals surface area contributed by atoms with E-state index in [4.69, 9.17) is 22.9 Å². The van der Waals surface area contributed by atoms with Gasteiger partial charge < -0.3 is 95.3 Å². The molecule has 0 bridgehead atoms. The second kappa shape index (κ2) is 32.6. The number of carbonyl (C=O) groups is 12. The number of hydrogen-bond acceptors (Lipinski definition) is 17. The number of likely N-dealkylation sites (tertiary alicyclic amines) is 3. The van der Waals surface area contributed by atoms with Crippen molar-refractivity contribution in [2.24, 2.45) is 33.8 Å². The number of aliphatic carboxylic acids is 1. The summed E-state index contributed by atoms with van der Waals surface area (Å²) in [5.41, 5.74) is 23.8. The Hall–Kier alpha value is -9.13. The third-order valence-corrected chi connectivity index (χ3v) is 15.3. The van der Waals surface area contributed by atoms with Crippen LogP contribution in [0.3, 0.4) is 0 Å². The molecule has 3 saturated heterocycles. The summed E-state index contributed by atoms with van der Waals surface area (Å²) in [6.45, 7) is 5.19. The Morgan fingerprint density at radius 3 is 1.65 bits per heavy atom. The molecule has 0 aliphatic carbocycles. The molecule has 482 valence electrons. The van der Waals surface area contributed by atoms with Crippen LogP contribution in [0.1, 0.15) is 96.6 Å². The molecule has 2 aromatic carbocycles. The van der Waals surface area contributed by atoms with Crippen LogP contribution >= 0.6 is 0 Å². The van der Waals surface area contributed by atoms with E-state index in [2.05, 4.69) is 42.2 Å². The molecule has 19 N–H and O–H groups in total. The largest absolute Gasteiger partial charge is 0.508 e. The molecule has 31 heteroatoms. The van der Waals surface area contributed by atoms with Crippen molar-refractivity contribution in [1.82, 2.24) is 51.9 Å². The summed E-state index contributed by atoms with van der Waals surface area (Å²) in [6, 6.07) is -1.35. The van der Waals surface area contributed by atoms with Gasteiger partial charge in [-0.3, -0.25) is 57.7 Å². The van der Waals surface area contributed by atoms with Crippen LogP contribution in [-0.2, 0) is 70.4 Å². The summed E-state index contributed by atoms with van der Waals surface area (Å²) in [7, 11) is 0. The van der Waals surface area contributed by atoms with Crippen LogP contribution < -0.4 is 60.2 Å². The summed E-state index contributed by atoms with van der Waals surface area (Å²) in [5, 5.41) is 57.2. The van der Waals surface area contributed by atoms with E-state index in [1.54, 1.807) is 26.0 Å². The van der Waals surface area contributed by atoms with E-state index in [0.29, 0.717) is 30.4 Å². The highest BCUT2D eigenvalue weighted by Gasteiger charge is 2.45. The average molecular weight is 1230 g/mol. The van der Waals surface area contributed by atoms with Crippen LogP contribution in [0.15, 0.2) is 53.5 Å². The number of aliphatic imine (C=N–C) groups is 1. The third kappa shape index (κ3) is 20.0. The Kier molecular flexibility index (Phi) is 25.8. The van der Waals surface area contributed by atoms with Crippen LogP contribution in [0.4, 0.5) is 0 Å². The molecule has 3 heterocycles. The number of rotatable bonds is 30. The van der Waals surface area contributed by atoms with E-state index >= 15 is 0 Å². The van der Waals surface area contributed by atoms with Gasteiger partial charge in [0, 0.05) is 32.6 Å². The highest BCUT2D eigenvalue weighted by atomic mass is 16.4. The number of hydrogen-bond donors (Lipinski definition) is 15. The number of guanidine groups is 1. The maximum Gasteiger partial charge on any atom is 0.326 e. The molecule has 5 rings (SSSR count). The lowest BCUT2D eigenvalue weighted by molar-refractivity contribution is -0.149. The van der Waals surface area contributed by atoms with E-state index in [-0.39, 0.29) is 88.6 Å². The highest BCUT2D eigenvalue weighted by molar-refractivity contribution is 6.00. The van der Waals surface area contributed by atoms with E-state index in [0.717, 1.165) is 6.92 Å². The normalized spacial score (nSPS) is 19.1. The minimum absolute atomic E-state index is 0.00915. The van der Waals surface area contributed by atoms with Gasteiger partial charge in [-0.05, 0) is 113 Å².